The van der Waals surface area contributed by atoms with Gasteiger partial charge in [0.2, 0.25) is 0 Å². The number of rotatable bonds is 3. The van der Waals surface area contributed by atoms with Gasteiger partial charge in [-0.25, -0.2) is 4.98 Å². The second-order valence-electron chi connectivity index (χ2n) is 8.94. The molecule has 5 rings (SSSR count). The molecule has 0 spiro atoms. The van der Waals surface area contributed by atoms with Gasteiger partial charge in [-0.15, -0.1) is 0 Å². The molecule has 2 aromatic carbocycles. The third kappa shape index (κ3) is 2.84. The van der Waals surface area contributed by atoms with Crippen molar-refractivity contribution >= 4 is 33.4 Å². The summed E-state index contributed by atoms with van der Waals surface area (Å²) in [5, 5.41) is 1.91. The average Bonchev–Trinajstić information content (AvgIpc) is 3.01. The summed E-state index contributed by atoms with van der Waals surface area (Å²) in [6, 6.07) is 16.2. The number of para-hydroxylation sites is 1. The minimum absolute atomic E-state index is 0.0973. The van der Waals surface area contributed by atoms with Gasteiger partial charge in [0.25, 0.3) is 0 Å². The van der Waals surface area contributed by atoms with Gasteiger partial charge in [0.1, 0.15) is 11.4 Å². The van der Waals surface area contributed by atoms with E-state index >= 15 is 0 Å². The summed E-state index contributed by atoms with van der Waals surface area (Å²) in [6.07, 6.45) is 1.25. The molecule has 0 atom stereocenters. The molecule has 0 fully saturated rings. The van der Waals surface area contributed by atoms with E-state index in [0.717, 1.165) is 45.4 Å². The van der Waals surface area contributed by atoms with Gasteiger partial charge in [-0.2, -0.15) is 0 Å². The minimum atomic E-state index is -0.107. The van der Waals surface area contributed by atoms with Crippen LogP contribution in [0.2, 0.25) is 0 Å². The topological polar surface area (TPSA) is 70.1 Å². The normalized spacial score (nSPS) is 15.5. The summed E-state index contributed by atoms with van der Waals surface area (Å²) in [5.41, 5.74) is 11.6. The molecule has 5 nitrogen and oxygen atoms in total. The number of carbonyl (C=O) groups is 1. The van der Waals surface area contributed by atoms with Crippen LogP contribution in [0.25, 0.3) is 21.9 Å². The molecule has 0 bridgehead atoms. The zero-order valence-corrected chi connectivity index (χ0v) is 17.5. The smallest absolute Gasteiger partial charge is 0.167 e. The van der Waals surface area contributed by atoms with Crippen molar-refractivity contribution in [2.45, 2.75) is 33.2 Å². The van der Waals surface area contributed by atoms with E-state index in [-0.39, 0.29) is 11.2 Å². The second kappa shape index (κ2) is 6.59. The number of ether oxygens (including phenoxy) is 1. The molecule has 1 aliphatic rings. The first kappa shape index (κ1) is 18.7. The van der Waals surface area contributed by atoms with E-state index in [1.54, 1.807) is 7.11 Å². The highest BCUT2D eigenvalue weighted by atomic mass is 16.5. The number of hydrogen-bond acceptors (Lipinski definition) is 4. The number of carbonyl (C=O) groups excluding carboxylic acids is 1. The van der Waals surface area contributed by atoms with Crippen molar-refractivity contribution in [3.05, 3.63) is 65.4 Å². The summed E-state index contributed by atoms with van der Waals surface area (Å²) in [6.45, 7) is 4.89. The molecule has 2 aromatic heterocycles. The van der Waals surface area contributed by atoms with Crippen molar-refractivity contribution in [2.75, 3.05) is 12.8 Å². The number of Topliss-reactive ketones (excluding diaryl/α,β-unsaturated/α-hetero) is 1. The molecule has 4 aromatic rings. The van der Waals surface area contributed by atoms with Gasteiger partial charge < -0.3 is 15.0 Å². The van der Waals surface area contributed by atoms with Gasteiger partial charge in [-0.05, 0) is 35.6 Å². The first-order valence-electron chi connectivity index (χ1n) is 10.2. The van der Waals surface area contributed by atoms with Crippen molar-refractivity contribution < 1.29 is 9.53 Å². The maximum absolute atomic E-state index is 12.9. The number of ketones is 1. The zero-order valence-electron chi connectivity index (χ0n) is 17.5. The number of methoxy groups -OCH3 is 1. The number of fused-ring (bicyclic) bond motifs is 4. The highest BCUT2D eigenvalue weighted by molar-refractivity contribution is 6.18. The average molecular weight is 399 g/mol. The molecule has 0 aliphatic heterocycles. The van der Waals surface area contributed by atoms with Crippen molar-refractivity contribution in [3.63, 3.8) is 0 Å². The first-order chi connectivity index (χ1) is 14.4. The van der Waals surface area contributed by atoms with Gasteiger partial charge in [-0.3, -0.25) is 4.79 Å². The Morgan fingerprint density at radius 2 is 1.83 bits per heavy atom. The van der Waals surface area contributed by atoms with Crippen LogP contribution in [-0.2, 0) is 13.0 Å². The monoisotopic (exact) mass is 399 g/mol. The number of anilines is 1. The van der Waals surface area contributed by atoms with Gasteiger partial charge >= 0.3 is 0 Å². The third-order valence-electron chi connectivity index (χ3n) is 6.08. The predicted octanol–water partition coefficient (Wildman–Crippen LogP) is 4.98. The molecule has 2 N–H and O–H groups in total. The number of aromatic nitrogens is 2. The summed E-state index contributed by atoms with van der Waals surface area (Å²) in [5.74, 6) is 0.929. The van der Waals surface area contributed by atoms with E-state index in [2.05, 4.69) is 42.7 Å². The second-order valence-corrected chi connectivity index (χ2v) is 8.94. The van der Waals surface area contributed by atoms with Crippen molar-refractivity contribution in [1.82, 2.24) is 9.55 Å². The SMILES string of the molecule is COc1ccc(Cn2c3ccccc3c3c(N)c4c(nc32)CC(C)(C)CC4=O)cc1. The molecule has 0 radical (unpaired) electrons. The third-order valence-corrected chi connectivity index (χ3v) is 6.08. The Bertz CT molecular complexity index is 1300. The molecule has 152 valence electrons. The van der Waals surface area contributed by atoms with Crippen LogP contribution in [0.1, 0.15) is 41.9 Å². The fraction of sp³-hybridized carbons (Fsp3) is 0.280. The molecule has 2 heterocycles. The lowest BCUT2D eigenvalue weighted by Crippen LogP contribution is -2.29. The first-order valence-corrected chi connectivity index (χ1v) is 10.2. The number of nitrogens with two attached hydrogens (primary N) is 1. The lowest BCUT2D eigenvalue weighted by molar-refractivity contribution is 0.0911. The molecular formula is C25H25N3O2. The number of nitrogen functional groups attached to an aromatic ring is 1. The Kier molecular flexibility index (Phi) is 4.10. The highest BCUT2D eigenvalue weighted by Gasteiger charge is 2.35. The van der Waals surface area contributed by atoms with E-state index in [0.29, 0.717) is 24.2 Å². The maximum Gasteiger partial charge on any atom is 0.167 e. The molecule has 5 heteroatoms. The number of pyridine rings is 1. The van der Waals surface area contributed by atoms with Crippen LogP contribution < -0.4 is 10.5 Å². The molecule has 30 heavy (non-hydrogen) atoms. The van der Waals surface area contributed by atoms with Crippen LogP contribution in [0.4, 0.5) is 5.69 Å². The highest BCUT2D eigenvalue weighted by Crippen LogP contribution is 2.41. The predicted molar refractivity (Wildman–Crippen MR) is 120 cm³/mol. The van der Waals surface area contributed by atoms with Crippen LogP contribution in [0.3, 0.4) is 0 Å². The van der Waals surface area contributed by atoms with Gasteiger partial charge in [0, 0.05) is 18.4 Å². The number of nitrogens with zero attached hydrogens (tertiary/aromatic N) is 2. The molecule has 0 unspecified atom stereocenters. The van der Waals surface area contributed by atoms with Crippen molar-refractivity contribution in [3.8, 4) is 5.75 Å². The lowest BCUT2D eigenvalue weighted by atomic mass is 9.75. The van der Waals surface area contributed by atoms with E-state index in [1.165, 1.54) is 0 Å². The van der Waals surface area contributed by atoms with E-state index in [1.807, 2.05) is 24.3 Å². The van der Waals surface area contributed by atoms with E-state index in [4.69, 9.17) is 15.5 Å². The Morgan fingerprint density at radius 3 is 2.57 bits per heavy atom. The Labute approximate surface area is 175 Å². The summed E-state index contributed by atoms with van der Waals surface area (Å²) < 4.78 is 7.49. The van der Waals surface area contributed by atoms with Crippen LogP contribution in [0, 0.1) is 5.41 Å². The Balaban J connectivity index is 1.77. The van der Waals surface area contributed by atoms with Crippen molar-refractivity contribution in [2.24, 2.45) is 5.41 Å². The molecule has 1 aliphatic carbocycles. The Hall–Kier alpha value is -3.34. The van der Waals surface area contributed by atoms with Crippen LogP contribution in [0.15, 0.2) is 48.5 Å². The summed E-state index contributed by atoms with van der Waals surface area (Å²) in [7, 11) is 1.67. The van der Waals surface area contributed by atoms with E-state index in [9.17, 15) is 4.79 Å². The maximum atomic E-state index is 12.9. The number of benzene rings is 2. The fourth-order valence-electron chi connectivity index (χ4n) is 4.69. The Morgan fingerprint density at radius 1 is 1.10 bits per heavy atom. The molecule has 0 amide bonds. The van der Waals surface area contributed by atoms with Gasteiger partial charge in [0.05, 0.1) is 35.0 Å². The quantitative estimate of drug-likeness (QED) is 0.527. The van der Waals surface area contributed by atoms with Crippen molar-refractivity contribution in [1.29, 1.82) is 0 Å². The molecule has 0 saturated carbocycles. The molecular weight excluding hydrogens is 374 g/mol. The standard InChI is InChI=1S/C25H25N3O2/c1-25(2)12-18-22(20(29)13-25)23(26)21-17-6-4-5-7-19(17)28(24(21)27-18)14-15-8-10-16(30-3)11-9-15/h4-11H,12-14H2,1-3H3,(H2,26,27). The van der Waals surface area contributed by atoms with E-state index < -0.39 is 0 Å². The van der Waals surface area contributed by atoms with Crippen LogP contribution >= 0.6 is 0 Å². The largest absolute Gasteiger partial charge is 0.497 e. The van der Waals surface area contributed by atoms with Crippen LogP contribution in [-0.4, -0.2) is 22.4 Å². The lowest BCUT2D eigenvalue weighted by Gasteiger charge is -2.30. The van der Waals surface area contributed by atoms with Gasteiger partial charge in [-0.1, -0.05) is 44.2 Å². The van der Waals surface area contributed by atoms with Crippen LogP contribution in [0.5, 0.6) is 5.75 Å². The molecule has 0 saturated heterocycles. The van der Waals surface area contributed by atoms with Gasteiger partial charge in [0.15, 0.2) is 5.78 Å². The minimum Gasteiger partial charge on any atom is -0.497 e. The summed E-state index contributed by atoms with van der Waals surface area (Å²) >= 11 is 0. The zero-order chi connectivity index (χ0) is 21.0. The fourth-order valence-corrected chi connectivity index (χ4v) is 4.69. The summed E-state index contributed by atoms with van der Waals surface area (Å²) in [4.78, 5) is 17.9. The number of hydrogen-bond donors (Lipinski definition) is 1.